The molecule has 1 aliphatic heterocycles. The van der Waals surface area contributed by atoms with E-state index in [0.717, 1.165) is 4.57 Å². The molecule has 4 atom stereocenters. The highest BCUT2D eigenvalue weighted by molar-refractivity contribution is 4.92. The van der Waals surface area contributed by atoms with Gasteiger partial charge >= 0.3 is 5.69 Å². The van der Waals surface area contributed by atoms with E-state index in [-0.39, 0.29) is 12.5 Å². The van der Waals surface area contributed by atoms with Crippen molar-refractivity contribution in [2.45, 2.75) is 31.8 Å². The van der Waals surface area contributed by atoms with Crippen molar-refractivity contribution in [2.24, 2.45) is 5.92 Å². The Bertz CT molecular complexity index is 523. The zero-order chi connectivity index (χ0) is 13.3. The molecule has 1 aliphatic rings. The van der Waals surface area contributed by atoms with Crippen LogP contribution >= 0.6 is 0 Å². The fraction of sp³-hybridized carbons (Fsp3) is 0.636. The van der Waals surface area contributed by atoms with Crippen molar-refractivity contribution in [3.63, 3.8) is 0 Å². The van der Waals surface area contributed by atoms with Crippen LogP contribution in [0.3, 0.4) is 0 Å². The molecule has 0 saturated carbocycles. The van der Waals surface area contributed by atoms with Crippen molar-refractivity contribution in [2.75, 3.05) is 6.61 Å². The predicted molar refractivity (Wildman–Crippen MR) is 62.1 cm³/mol. The van der Waals surface area contributed by atoms with Gasteiger partial charge in [-0.3, -0.25) is 14.3 Å². The molecule has 2 heterocycles. The summed E-state index contributed by atoms with van der Waals surface area (Å²) in [4.78, 5) is 24.7. The number of hydrogen-bond donors (Lipinski definition) is 3. The second-order valence-electron chi connectivity index (χ2n) is 4.33. The predicted octanol–water partition coefficient (Wildman–Crippen LogP) is -1.19. The van der Waals surface area contributed by atoms with Gasteiger partial charge in [-0.15, -0.1) is 0 Å². The van der Waals surface area contributed by atoms with Crippen LogP contribution in [-0.4, -0.2) is 38.6 Å². The molecule has 1 fully saturated rings. The van der Waals surface area contributed by atoms with Gasteiger partial charge in [-0.1, -0.05) is 6.92 Å². The number of H-pyrrole nitrogens is 1. The average molecular weight is 256 g/mol. The first-order valence-electron chi connectivity index (χ1n) is 5.84. The number of nitrogens with one attached hydrogen (secondary N) is 1. The zero-order valence-corrected chi connectivity index (χ0v) is 9.94. The molecule has 0 radical (unpaired) electrons. The van der Waals surface area contributed by atoms with Crippen LogP contribution in [-0.2, 0) is 4.74 Å². The molecule has 18 heavy (non-hydrogen) atoms. The molecule has 0 bridgehead atoms. The monoisotopic (exact) mass is 256 g/mol. The van der Waals surface area contributed by atoms with Crippen LogP contribution in [0, 0.1) is 5.92 Å². The summed E-state index contributed by atoms with van der Waals surface area (Å²) in [6, 6.07) is 1.19. The largest absolute Gasteiger partial charge is 0.394 e. The first-order chi connectivity index (χ1) is 8.58. The van der Waals surface area contributed by atoms with E-state index in [1.165, 1.54) is 12.3 Å². The summed E-state index contributed by atoms with van der Waals surface area (Å²) < 4.78 is 6.60. The third-order valence-corrected chi connectivity index (χ3v) is 3.30. The zero-order valence-electron chi connectivity index (χ0n) is 9.94. The maximum absolute atomic E-state index is 11.6. The summed E-state index contributed by atoms with van der Waals surface area (Å²) in [5, 5.41) is 19.3. The van der Waals surface area contributed by atoms with Crippen molar-refractivity contribution >= 4 is 0 Å². The summed E-state index contributed by atoms with van der Waals surface area (Å²) in [5.41, 5.74) is -1.14. The fourth-order valence-corrected chi connectivity index (χ4v) is 2.33. The van der Waals surface area contributed by atoms with Crippen LogP contribution in [0.1, 0.15) is 19.6 Å². The smallest absolute Gasteiger partial charge is 0.330 e. The lowest BCUT2D eigenvalue weighted by Crippen LogP contribution is -2.36. The Labute approximate surface area is 103 Å². The summed E-state index contributed by atoms with van der Waals surface area (Å²) in [5.74, 6) is -0.237. The van der Waals surface area contributed by atoms with Crippen LogP contribution in [0.5, 0.6) is 0 Å². The number of nitrogens with zero attached hydrogens (tertiary/aromatic N) is 1. The normalized spacial score (nSPS) is 31.7. The molecule has 3 N–H and O–H groups in total. The maximum Gasteiger partial charge on any atom is 0.330 e. The van der Waals surface area contributed by atoms with E-state index in [0.29, 0.717) is 6.42 Å². The third kappa shape index (κ3) is 2.12. The Morgan fingerprint density at radius 3 is 2.72 bits per heavy atom. The Morgan fingerprint density at radius 2 is 2.22 bits per heavy atom. The molecule has 7 heteroatoms. The maximum atomic E-state index is 11.6. The molecular weight excluding hydrogens is 240 g/mol. The van der Waals surface area contributed by atoms with E-state index in [2.05, 4.69) is 4.98 Å². The topological polar surface area (TPSA) is 105 Å². The molecule has 1 saturated heterocycles. The van der Waals surface area contributed by atoms with Gasteiger partial charge in [0.15, 0.2) is 6.23 Å². The van der Waals surface area contributed by atoms with Crippen LogP contribution in [0.15, 0.2) is 21.9 Å². The van der Waals surface area contributed by atoms with Gasteiger partial charge in [0.05, 0.1) is 12.7 Å². The molecule has 0 aliphatic carbocycles. The van der Waals surface area contributed by atoms with Gasteiger partial charge in [0.2, 0.25) is 0 Å². The van der Waals surface area contributed by atoms with E-state index >= 15 is 0 Å². The average Bonchev–Trinajstić information content (AvgIpc) is 2.66. The van der Waals surface area contributed by atoms with Gasteiger partial charge in [-0.25, -0.2) is 4.79 Å². The second-order valence-corrected chi connectivity index (χ2v) is 4.33. The number of aliphatic hydroxyl groups is 2. The Hall–Kier alpha value is -1.44. The Kier molecular flexibility index (Phi) is 3.65. The quantitative estimate of drug-likeness (QED) is 0.631. The summed E-state index contributed by atoms with van der Waals surface area (Å²) in [6.45, 7) is 1.65. The highest BCUT2D eigenvalue weighted by Gasteiger charge is 2.43. The van der Waals surface area contributed by atoms with E-state index in [4.69, 9.17) is 4.74 Å². The first kappa shape index (κ1) is 13.0. The van der Waals surface area contributed by atoms with Gasteiger partial charge in [0.25, 0.3) is 5.56 Å². The molecule has 7 nitrogen and oxygen atoms in total. The third-order valence-electron chi connectivity index (χ3n) is 3.30. The molecule has 0 spiro atoms. The van der Waals surface area contributed by atoms with Crippen LogP contribution in [0.4, 0.5) is 0 Å². The Balaban J connectivity index is 2.34. The molecule has 1 aromatic rings. The minimum Gasteiger partial charge on any atom is -0.394 e. The minimum absolute atomic E-state index is 0.218. The fourth-order valence-electron chi connectivity index (χ4n) is 2.33. The van der Waals surface area contributed by atoms with Gasteiger partial charge in [0, 0.05) is 18.2 Å². The number of aromatic nitrogens is 2. The molecule has 100 valence electrons. The molecule has 0 unspecified atom stereocenters. The van der Waals surface area contributed by atoms with Crippen LogP contribution in [0.25, 0.3) is 0 Å². The van der Waals surface area contributed by atoms with Crippen LogP contribution < -0.4 is 11.2 Å². The van der Waals surface area contributed by atoms with Gasteiger partial charge < -0.3 is 14.9 Å². The summed E-state index contributed by atoms with van der Waals surface area (Å²) in [7, 11) is 0. The van der Waals surface area contributed by atoms with E-state index in [9.17, 15) is 19.8 Å². The molecular formula is C11H16N2O5. The molecule has 2 rings (SSSR count). The van der Waals surface area contributed by atoms with Crippen molar-refractivity contribution in [1.82, 2.24) is 9.55 Å². The lowest BCUT2D eigenvalue weighted by atomic mass is 9.95. The van der Waals surface area contributed by atoms with E-state index < -0.39 is 29.7 Å². The number of ether oxygens (including phenoxy) is 1. The summed E-state index contributed by atoms with van der Waals surface area (Å²) in [6.07, 6.45) is -0.372. The highest BCUT2D eigenvalue weighted by atomic mass is 16.5. The van der Waals surface area contributed by atoms with Gasteiger partial charge in [-0.2, -0.15) is 0 Å². The van der Waals surface area contributed by atoms with Crippen molar-refractivity contribution in [3.8, 4) is 0 Å². The summed E-state index contributed by atoms with van der Waals surface area (Å²) >= 11 is 0. The standard InChI is InChI=1S/C11H16N2O5/c1-2-6-7(5-14)18-10(9(6)16)13-4-3-8(15)12-11(13)17/h3-4,6-7,9-10,14,16H,2,5H2,1H3,(H,12,15,17)/t6-,7-,9-,10-/m1/s1. The number of aliphatic hydroxyl groups excluding tert-OH is 2. The second kappa shape index (κ2) is 5.05. The van der Waals surface area contributed by atoms with Crippen LogP contribution in [0.2, 0.25) is 0 Å². The van der Waals surface area contributed by atoms with Crippen molar-refractivity contribution < 1.29 is 14.9 Å². The molecule has 1 aromatic heterocycles. The minimum atomic E-state index is -0.893. The Morgan fingerprint density at radius 1 is 1.50 bits per heavy atom. The van der Waals surface area contributed by atoms with E-state index in [1.54, 1.807) is 0 Å². The lowest BCUT2D eigenvalue weighted by Gasteiger charge is -2.18. The highest BCUT2D eigenvalue weighted by Crippen LogP contribution is 2.34. The van der Waals surface area contributed by atoms with Crippen molar-refractivity contribution in [3.05, 3.63) is 33.1 Å². The van der Waals surface area contributed by atoms with Gasteiger partial charge in [0.1, 0.15) is 6.10 Å². The molecule has 0 amide bonds. The number of rotatable bonds is 3. The molecule has 0 aromatic carbocycles. The lowest BCUT2D eigenvalue weighted by molar-refractivity contribution is -0.0535. The SMILES string of the molecule is CC[C@H]1[C@@H](O)[C@H](n2ccc(=O)[nH]c2=O)O[C@@H]1CO. The van der Waals surface area contributed by atoms with Crippen molar-refractivity contribution in [1.29, 1.82) is 0 Å². The number of aromatic amines is 1. The first-order valence-corrected chi connectivity index (χ1v) is 5.84. The number of hydrogen-bond acceptors (Lipinski definition) is 5. The van der Waals surface area contributed by atoms with E-state index in [1.807, 2.05) is 6.92 Å². The van der Waals surface area contributed by atoms with Gasteiger partial charge in [-0.05, 0) is 6.42 Å².